The summed E-state index contributed by atoms with van der Waals surface area (Å²) in [5, 5.41) is 2.90. The van der Waals surface area contributed by atoms with Crippen LogP contribution >= 0.6 is 0 Å². The summed E-state index contributed by atoms with van der Waals surface area (Å²) in [6, 6.07) is 8.93. The van der Waals surface area contributed by atoms with Gasteiger partial charge in [0.2, 0.25) is 5.88 Å². The molecule has 142 valence electrons. The minimum Gasteiger partial charge on any atom is -0.440 e. The second-order valence-electron chi connectivity index (χ2n) is 6.54. The molecule has 0 aliphatic carbocycles. The van der Waals surface area contributed by atoms with Gasteiger partial charge in [0.15, 0.2) is 0 Å². The van der Waals surface area contributed by atoms with Crippen molar-refractivity contribution in [3.8, 4) is 11.6 Å². The van der Waals surface area contributed by atoms with Gasteiger partial charge in [0, 0.05) is 36.5 Å². The largest absolute Gasteiger partial charge is 0.440 e. The van der Waals surface area contributed by atoms with Crippen molar-refractivity contribution in [2.75, 3.05) is 6.54 Å². The summed E-state index contributed by atoms with van der Waals surface area (Å²) in [6.45, 7) is 0.547. The first kappa shape index (κ1) is 17.7. The lowest BCUT2D eigenvalue weighted by molar-refractivity contribution is 0.0953. The van der Waals surface area contributed by atoms with E-state index in [-0.39, 0.29) is 18.2 Å². The average molecular weight is 378 g/mol. The number of rotatable bonds is 5. The number of carbonyl (C=O) groups excluding carboxylic acids is 1. The van der Waals surface area contributed by atoms with Crippen LogP contribution in [0.25, 0.3) is 0 Å². The van der Waals surface area contributed by atoms with E-state index in [0.29, 0.717) is 29.0 Å². The van der Waals surface area contributed by atoms with Crippen LogP contribution in [0.4, 0.5) is 0 Å². The van der Waals surface area contributed by atoms with Crippen LogP contribution in [-0.2, 0) is 12.8 Å². The van der Waals surface area contributed by atoms with Crippen LogP contribution in [0, 0.1) is 0 Å². The van der Waals surface area contributed by atoms with E-state index in [1.54, 1.807) is 24.4 Å². The number of benzene rings is 1. The van der Waals surface area contributed by atoms with Crippen LogP contribution in [0.1, 0.15) is 33.5 Å². The monoisotopic (exact) mass is 378 g/mol. The molecule has 2 aromatic heterocycles. The minimum atomic E-state index is -0.616. The summed E-state index contributed by atoms with van der Waals surface area (Å²) in [6.07, 6.45) is 5.47. The van der Waals surface area contributed by atoms with E-state index in [9.17, 15) is 14.4 Å². The maximum absolute atomic E-state index is 12.4. The predicted molar refractivity (Wildman–Crippen MR) is 102 cm³/mol. The van der Waals surface area contributed by atoms with Crippen LogP contribution < -0.4 is 21.3 Å². The van der Waals surface area contributed by atoms with Crippen LogP contribution in [0.3, 0.4) is 0 Å². The van der Waals surface area contributed by atoms with Crippen molar-refractivity contribution >= 4 is 5.91 Å². The van der Waals surface area contributed by atoms with Gasteiger partial charge in [-0.05, 0) is 42.7 Å². The van der Waals surface area contributed by atoms with Crippen molar-refractivity contribution in [2.24, 2.45) is 0 Å². The zero-order chi connectivity index (χ0) is 19.5. The van der Waals surface area contributed by atoms with E-state index < -0.39 is 11.2 Å². The SMILES string of the molecule is O=C(NCCCc1cccnc1)c1ccc2c(c1)Cc1c([nH]c(=O)[nH]c1=O)O2. The Morgan fingerprint density at radius 1 is 1.21 bits per heavy atom. The molecular weight excluding hydrogens is 360 g/mol. The molecule has 0 atom stereocenters. The molecule has 0 fully saturated rings. The molecule has 4 rings (SSSR count). The third-order valence-electron chi connectivity index (χ3n) is 4.55. The van der Waals surface area contributed by atoms with Gasteiger partial charge in [0.1, 0.15) is 5.75 Å². The van der Waals surface area contributed by atoms with Gasteiger partial charge in [-0.25, -0.2) is 4.79 Å². The molecule has 0 bridgehead atoms. The van der Waals surface area contributed by atoms with Gasteiger partial charge >= 0.3 is 5.69 Å². The highest BCUT2D eigenvalue weighted by molar-refractivity contribution is 5.94. The lowest BCUT2D eigenvalue weighted by Crippen LogP contribution is -2.28. The van der Waals surface area contributed by atoms with Gasteiger partial charge in [-0.2, -0.15) is 0 Å². The second kappa shape index (κ2) is 7.51. The Morgan fingerprint density at radius 2 is 2.11 bits per heavy atom. The molecular formula is C20H18N4O4. The van der Waals surface area contributed by atoms with Gasteiger partial charge in [0.05, 0.1) is 5.56 Å². The van der Waals surface area contributed by atoms with Crippen molar-refractivity contribution in [1.29, 1.82) is 0 Å². The van der Waals surface area contributed by atoms with Crippen LogP contribution in [0.5, 0.6) is 11.6 Å². The highest BCUT2D eigenvalue weighted by atomic mass is 16.5. The average Bonchev–Trinajstić information content (AvgIpc) is 2.70. The molecule has 0 unspecified atom stereocenters. The molecule has 0 saturated carbocycles. The number of H-pyrrole nitrogens is 2. The van der Waals surface area contributed by atoms with Crippen molar-refractivity contribution < 1.29 is 9.53 Å². The number of nitrogens with one attached hydrogen (secondary N) is 3. The van der Waals surface area contributed by atoms with Crippen molar-refractivity contribution in [3.63, 3.8) is 0 Å². The standard InChI is InChI=1S/C20H18N4O4/c25-17(22-8-2-4-12-3-1-7-21-11-12)13-5-6-16-14(9-13)10-15-18(26)23-20(27)24-19(15)28-16/h1,3,5-7,9,11H,2,4,8,10H2,(H,22,25)(H2,23,24,26,27). The Bertz CT molecular complexity index is 1130. The van der Waals surface area contributed by atoms with E-state index in [0.717, 1.165) is 18.4 Å². The summed E-state index contributed by atoms with van der Waals surface area (Å²) in [4.78, 5) is 44.5. The first-order valence-corrected chi connectivity index (χ1v) is 8.93. The fraction of sp³-hybridized carbons (Fsp3) is 0.200. The molecule has 0 radical (unpaired) electrons. The van der Waals surface area contributed by atoms with Gasteiger partial charge in [-0.15, -0.1) is 0 Å². The molecule has 0 saturated heterocycles. The number of hydrogen-bond acceptors (Lipinski definition) is 5. The maximum Gasteiger partial charge on any atom is 0.328 e. The molecule has 0 spiro atoms. The molecule has 3 N–H and O–H groups in total. The summed E-state index contributed by atoms with van der Waals surface area (Å²) in [5.41, 5.74) is 1.57. The van der Waals surface area contributed by atoms with Crippen molar-refractivity contribution in [2.45, 2.75) is 19.3 Å². The summed E-state index contributed by atoms with van der Waals surface area (Å²) in [5.74, 6) is 0.478. The molecule has 3 heterocycles. The van der Waals surface area contributed by atoms with E-state index >= 15 is 0 Å². The number of hydrogen-bond donors (Lipinski definition) is 3. The number of fused-ring (bicyclic) bond motifs is 2. The Hall–Kier alpha value is -3.68. The smallest absolute Gasteiger partial charge is 0.328 e. The normalized spacial score (nSPS) is 11.9. The number of aromatic nitrogens is 3. The van der Waals surface area contributed by atoms with E-state index in [4.69, 9.17) is 4.74 Å². The number of amides is 1. The van der Waals surface area contributed by atoms with Crippen LogP contribution in [0.15, 0.2) is 52.3 Å². The number of aryl methyl sites for hydroxylation is 1. The van der Waals surface area contributed by atoms with E-state index in [2.05, 4.69) is 20.3 Å². The number of pyridine rings is 1. The predicted octanol–water partition coefficient (Wildman–Crippen LogP) is 1.52. The fourth-order valence-electron chi connectivity index (χ4n) is 3.14. The quantitative estimate of drug-likeness (QED) is 0.455. The summed E-state index contributed by atoms with van der Waals surface area (Å²) < 4.78 is 5.61. The first-order chi connectivity index (χ1) is 13.6. The highest BCUT2D eigenvalue weighted by Crippen LogP contribution is 2.33. The highest BCUT2D eigenvalue weighted by Gasteiger charge is 2.22. The van der Waals surface area contributed by atoms with Gasteiger partial charge in [0.25, 0.3) is 11.5 Å². The molecule has 1 amide bonds. The lowest BCUT2D eigenvalue weighted by atomic mass is 10.0. The number of aromatic amines is 2. The third kappa shape index (κ3) is 3.71. The zero-order valence-corrected chi connectivity index (χ0v) is 15.0. The van der Waals surface area contributed by atoms with Crippen LogP contribution in [-0.4, -0.2) is 27.4 Å². The Kier molecular flexibility index (Phi) is 4.76. The second-order valence-corrected chi connectivity index (χ2v) is 6.54. The molecule has 1 aliphatic rings. The minimum absolute atomic E-state index is 0.147. The van der Waals surface area contributed by atoms with Crippen LogP contribution in [0.2, 0.25) is 0 Å². The van der Waals surface area contributed by atoms with Gasteiger partial charge in [-0.1, -0.05) is 6.07 Å². The number of carbonyl (C=O) groups is 1. The fourth-order valence-corrected chi connectivity index (χ4v) is 3.14. The van der Waals surface area contributed by atoms with E-state index in [1.807, 2.05) is 18.3 Å². The number of nitrogens with zero attached hydrogens (tertiary/aromatic N) is 1. The lowest BCUT2D eigenvalue weighted by Gasteiger charge is -2.19. The first-order valence-electron chi connectivity index (χ1n) is 8.93. The molecule has 3 aromatic rings. The molecule has 1 aliphatic heterocycles. The Labute approximate surface area is 159 Å². The van der Waals surface area contributed by atoms with Gasteiger partial charge < -0.3 is 10.1 Å². The molecule has 1 aromatic carbocycles. The summed E-state index contributed by atoms with van der Waals surface area (Å²) in [7, 11) is 0. The van der Waals surface area contributed by atoms with Gasteiger partial charge in [-0.3, -0.25) is 24.5 Å². The third-order valence-corrected chi connectivity index (χ3v) is 4.55. The van der Waals surface area contributed by atoms with Crippen molar-refractivity contribution in [1.82, 2.24) is 20.3 Å². The molecule has 8 nitrogen and oxygen atoms in total. The maximum atomic E-state index is 12.4. The summed E-state index contributed by atoms with van der Waals surface area (Å²) >= 11 is 0. The molecule has 8 heteroatoms. The van der Waals surface area contributed by atoms with Crippen molar-refractivity contribution in [3.05, 3.63) is 85.8 Å². The Morgan fingerprint density at radius 3 is 2.93 bits per heavy atom. The molecule has 28 heavy (non-hydrogen) atoms. The number of ether oxygens (including phenoxy) is 1. The Balaban J connectivity index is 1.41. The van der Waals surface area contributed by atoms with E-state index in [1.165, 1.54) is 0 Å². The topological polar surface area (TPSA) is 117 Å². The zero-order valence-electron chi connectivity index (χ0n) is 15.0.